The Morgan fingerprint density at radius 3 is 2.55 bits per heavy atom. The Kier molecular flexibility index (Phi) is 6.16. The van der Waals surface area contributed by atoms with E-state index in [4.69, 9.17) is 14.2 Å². The van der Waals surface area contributed by atoms with Crippen molar-refractivity contribution in [2.45, 2.75) is 19.4 Å². The van der Waals surface area contributed by atoms with E-state index in [2.05, 4.69) is 10.2 Å². The molecule has 0 spiro atoms. The number of esters is 1. The first-order valence-corrected chi connectivity index (χ1v) is 10.4. The van der Waals surface area contributed by atoms with Crippen molar-refractivity contribution in [2.24, 2.45) is 0 Å². The fourth-order valence-electron chi connectivity index (χ4n) is 3.86. The van der Waals surface area contributed by atoms with Crippen LogP contribution in [0.2, 0.25) is 0 Å². The number of carbonyl (C=O) groups is 2. The van der Waals surface area contributed by atoms with Crippen LogP contribution in [-0.2, 0) is 11.3 Å². The molecule has 164 valence electrons. The number of ether oxygens (including phenoxy) is 3. The number of fused-ring (bicyclic) bond motifs is 1. The fourth-order valence-corrected chi connectivity index (χ4v) is 3.86. The van der Waals surface area contributed by atoms with E-state index in [1.54, 1.807) is 24.1 Å². The second kappa shape index (κ2) is 9.16. The molecule has 0 radical (unpaired) electrons. The summed E-state index contributed by atoms with van der Waals surface area (Å²) in [4.78, 5) is 28.8. The van der Waals surface area contributed by atoms with E-state index < -0.39 is 5.97 Å². The van der Waals surface area contributed by atoms with Gasteiger partial charge in [0.1, 0.15) is 13.2 Å². The monoisotopic (exact) mass is 425 g/mol. The van der Waals surface area contributed by atoms with E-state index in [1.807, 2.05) is 24.3 Å². The van der Waals surface area contributed by atoms with E-state index >= 15 is 0 Å². The highest BCUT2D eigenvalue weighted by atomic mass is 16.6. The van der Waals surface area contributed by atoms with Crippen LogP contribution in [0.5, 0.6) is 11.5 Å². The van der Waals surface area contributed by atoms with Crippen LogP contribution >= 0.6 is 0 Å². The minimum Gasteiger partial charge on any atom is -0.486 e. The highest BCUT2D eigenvalue weighted by molar-refractivity contribution is 5.97. The number of amides is 2. The Labute approximate surface area is 181 Å². The van der Waals surface area contributed by atoms with E-state index in [0.717, 1.165) is 42.9 Å². The van der Waals surface area contributed by atoms with Crippen molar-refractivity contribution in [1.29, 1.82) is 0 Å². The second-order valence-electron chi connectivity index (χ2n) is 7.68. The van der Waals surface area contributed by atoms with Crippen LogP contribution in [0.3, 0.4) is 0 Å². The summed E-state index contributed by atoms with van der Waals surface area (Å²) in [5.41, 5.74) is 2.84. The normalized spacial score (nSPS) is 14.8. The van der Waals surface area contributed by atoms with Crippen LogP contribution in [0.1, 0.15) is 28.8 Å². The molecule has 2 aromatic rings. The summed E-state index contributed by atoms with van der Waals surface area (Å²) >= 11 is 0. The van der Waals surface area contributed by atoms with Gasteiger partial charge < -0.3 is 29.3 Å². The van der Waals surface area contributed by atoms with Crippen molar-refractivity contribution in [3.05, 3.63) is 47.5 Å². The Bertz CT molecular complexity index is 972. The average Bonchev–Trinajstić information content (AvgIpc) is 3.33. The summed E-state index contributed by atoms with van der Waals surface area (Å²) in [5.74, 6) is 0.977. The highest BCUT2D eigenvalue weighted by Crippen LogP contribution is 2.32. The molecule has 2 aromatic carbocycles. The molecular formula is C23H27N3O5. The van der Waals surface area contributed by atoms with Gasteiger partial charge in [0.15, 0.2) is 11.5 Å². The van der Waals surface area contributed by atoms with Crippen molar-refractivity contribution in [3.63, 3.8) is 0 Å². The summed E-state index contributed by atoms with van der Waals surface area (Å²) in [5, 5.41) is 2.97. The molecule has 1 saturated heterocycles. The Morgan fingerprint density at radius 2 is 1.81 bits per heavy atom. The van der Waals surface area contributed by atoms with Gasteiger partial charge in [0, 0.05) is 26.7 Å². The summed E-state index contributed by atoms with van der Waals surface area (Å²) in [6.07, 6.45) is 2.21. The SMILES string of the molecule is COC(=O)c1ccc(N2CCCC2)c(NC(=O)N(C)Cc2ccc3c(c2)OCCO3)c1. The lowest BCUT2D eigenvalue weighted by Crippen LogP contribution is -2.32. The van der Waals surface area contributed by atoms with Crippen molar-refractivity contribution in [1.82, 2.24) is 4.90 Å². The number of benzene rings is 2. The predicted molar refractivity (Wildman–Crippen MR) is 117 cm³/mol. The number of rotatable bonds is 5. The number of nitrogens with zero attached hydrogens (tertiary/aromatic N) is 2. The molecule has 8 nitrogen and oxygen atoms in total. The van der Waals surface area contributed by atoms with Crippen LogP contribution < -0.4 is 19.7 Å². The van der Waals surface area contributed by atoms with E-state index in [9.17, 15) is 9.59 Å². The molecule has 4 rings (SSSR count). The Morgan fingerprint density at radius 1 is 1.06 bits per heavy atom. The number of hydrogen-bond donors (Lipinski definition) is 1. The third-order valence-corrected chi connectivity index (χ3v) is 5.48. The van der Waals surface area contributed by atoms with Crippen LogP contribution in [0.15, 0.2) is 36.4 Å². The minimum atomic E-state index is -0.437. The number of nitrogens with one attached hydrogen (secondary N) is 1. The fraction of sp³-hybridized carbons (Fsp3) is 0.391. The molecule has 8 heteroatoms. The second-order valence-corrected chi connectivity index (χ2v) is 7.68. The molecule has 31 heavy (non-hydrogen) atoms. The number of urea groups is 1. The highest BCUT2D eigenvalue weighted by Gasteiger charge is 2.21. The molecule has 0 bridgehead atoms. The lowest BCUT2D eigenvalue weighted by molar-refractivity contribution is 0.0600. The van der Waals surface area contributed by atoms with E-state index in [-0.39, 0.29) is 6.03 Å². The van der Waals surface area contributed by atoms with Gasteiger partial charge >= 0.3 is 12.0 Å². The van der Waals surface area contributed by atoms with Crippen molar-refractivity contribution in [2.75, 3.05) is 50.7 Å². The maximum Gasteiger partial charge on any atom is 0.337 e. The zero-order chi connectivity index (χ0) is 21.8. The number of hydrogen-bond acceptors (Lipinski definition) is 6. The standard InChI is InChI=1S/C23H27N3O5/c1-25(15-16-5-8-20-21(13-16)31-12-11-30-20)23(28)24-18-14-17(22(27)29-2)6-7-19(18)26-9-3-4-10-26/h5-8,13-14H,3-4,9-12,15H2,1-2H3,(H,24,28). The molecule has 2 aliphatic heterocycles. The zero-order valence-electron chi connectivity index (χ0n) is 17.8. The largest absolute Gasteiger partial charge is 0.486 e. The van der Waals surface area contributed by atoms with Gasteiger partial charge in [-0.3, -0.25) is 0 Å². The van der Waals surface area contributed by atoms with Gasteiger partial charge in [0.2, 0.25) is 0 Å². The van der Waals surface area contributed by atoms with Gasteiger partial charge in [-0.2, -0.15) is 0 Å². The smallest absolute Gasteiger partial charge is 0.337 e. The van der Waals surface area contributed by atoms with Gasteiger partial charge in [-0.15, -0.1) is 0 Å². The maximum absolute atomic E-state index is 12.9. The van der Waals surface area contributed by atoms with Gasteiger partial charge in [-0.05, 0) is 48.7 Å². The van der Waals surface area contributed by atoms with Crippen LogP contribution in [0.4, 0.5) is 16.2 Å². The summed E-state index contributed by atoms with van der Waals surface area (Å²) in [6, 6.07) is 10.7. The quantitative estimate of drug-likeness (QED) is 0.739. The molecule has 2 amide bonds. The van der Waals surface area contributed by atoms with Crippen molar-refractivity contribution >= 4 is 23.4 Å². The third-order valence-electron chi connectivity index (χ3n) is 5.48. The topological polar surface area (TPSA) is 80.3 Å². The van der Waals surface area contributed by atoms with Gasteiger partial charge in [-0.25, -0.2) is 9.59 Å². The van der Waals surface area contributed by atoms with Crippen LogP contribution in [-0.4, -0.2) is 57.4 Å². The zero-order valence-corrected chi connectivity index (χ0v) is 17.8. The molecule has 2 heterocycles. The van der Waals surface area contributed by atoms with Crippen LogP contribution in [0, 0.1) is 0 Å². The third kappa shape index (κ3) is 4.68. The minimum absolute atomic E-state index is 0.266. The van der Waals surface area contributed by atoms with E-state index in [0.29, 0.717) is 36.8 Å². The molecule has 2 aliphatic rings. The molecule has 1 N–H and O–H groups in total. The summed E-state index contributed by atoms with van der Waals surface area (Å²) in [6.45, 7) is 3.31. The molecule has 1 fully saturated rings. The van der Waals surface area contributed by atoms with Crippen molar-refractivity contribution < 1.29 is 23.8 Å². The van der Waals surface area contributed by atoms with Gasteiger partial charge in [-0.1, -0.05) is 6.07 Å². The first-order valence-electron chi connectivity index (χ1n) is 10.4. The summed E-state index contributed by atoms with van der Waals surface area (Å²) < 4.78 is 16.0. The molecule has 0 aliphatic carbocycles. The summed E-state index contributed by atoms with van der Waals surface area (Å²) in [7, 11) is 3.07. The van der Waals surface area contributed by atoms with Gasteiger partial charge in [0.25, 0.3) is 0 Å². The maximum atomic E-state index is 12.9. The molecular weight excluding hydrogens is 398 g/mol. The van der Waals surface area contributed by atoms with Gasteiger partial charge in [0.05, 0.1) is 24.0 Å². The predicted octanol–water partition coefficient (Wildman–Crippen LogP) is 3.51. The Hall–Kier alpha value is -3.42. The molecule has 0 saturated carbocycles. The number of methoxy groups -OCH3 is 1. The van der Waals surface area contributed by atoms with Crippen LogP contribution in [0.25, 0.3) is 0 Å². The molecule has 0 aromatic heterocycles. The number of anilines is 2. The Balaban J connectivity index is 1.50. The lowest BCUT2D eigenvalue weighted by atomic mass is 10.1. The number of carbonyl (C=O) groups excluding carboxylic acids is 2. The first-order chi connectivity index (χ1) is 15.0. The van der Waals surface area contributed by atoms with E-state index in [1.165, 1.54) is 7.11 Å². The van der Waals surface area contributed by atoms with Crippen molar-refractivity contribution in [3.8, 4) is 11.5 Å². The lowest BCUT2D eigenvalue weighted by Gasteiger charge is -2.25. The average molecular weight is 425 g/mol. The molecule has 0 unspecified atom stereocenters. The molecule has 0 atom stereocenters. The first kappa shape index (κ1) is 20.8.